The molecule has 2 aliphatic rings. The molecule has 1 amide bonds. The smallest absolute Gasteiger partial charge is 0.363 e. The Balaban J connectivity index is 1.63. The van der Waals surface area contributed by atoms with Gasteiger partial charge in [0.2, 0.25) is 0 Å². The van der Waals surface area contributed by atoms with E-state index in [-0.39, 0.29) is 29.0 Å². The van der Waals surface area contributed by atoms with Crippen molar-refractivity contribution >= 4 is 34.9 Å². The molecule has 5 nitrogen and oxygen atoms in total. The number of hydrogen-bond donors (Lipinski definition) is 2. The molecule has 2 heterocycles. The van der Waals surface area contributed by atoms with E-state index in [1.54, 1.807) is 18.2 Å². The van der Waals surface area contributed by atoms with Gasteiger partial charge in [-0.05, 0) is 30.5 Å². The van der Waals surface area contributed by atoms with Crippen LogP contribution in [0.2, 0.25) is 10.0 Å². The monoisotopic (exact) mass is 446 g/mol. The van der Waals surface area contributed by atoms with E-state index in [1.165, 1.54) is 6.07 Å². The first-order valence-corrected chi connectivity index (χ1v) is 10.2. The summed E-state index contributed by atoms with van der Waals surface area (Å²) in [5.41, 5.74) is 0.557. The highest BCUT2D eigenvalue weighted by Gasteiger charge is 2.47. The number of carbonyl (C=O) groups excluding carboxylic acids is 1. The molecule has 1 aromatic heterocycles. The first-order valence-electron chi connectivity index (χ1n) is 9.41. The normalized spacial score (nSPS) is 22.2. The van der Waals surface area contributed by atoms with Crippen LogP contribution in [0.15, 0.2) is 24.3 Å². The Hall–Kier alpha value is -1.93. The fourth-order valence-corrected chi connectivity index (χ4v) is 4.27. The van der Waals surface area contributed by atoms with Crippen LogP contribution in [0.5, 0.6) is 0 Å². The first-order chi connectivity index (χ1) is 13.7. The second-order valence-corrected chi connectivity index (χ2v) is 8.29. The summed E-state index contributed by atoms with van der Waals surface area (Å²) in [6.45, 7) is 0. The first kappa shape index (κ1) is 20.3. The predicted molar refractivity (Wildman–Crippen MR) is 104 cm³/mol. The molecule has 1 fully saturated rings. The topological polar surface area (TPSA) is 59.0 Å². The van der Waals surface area contributed by atoms with Crippen LogP contribution in [0.1, 0.15) is 60.2 Å². The number of benzene rings is 1. The average molecular weight is 447 g/mol. The number of anilines is 1. The Morgan fingerprint density at radius 2 is 1.90 bits per heavy atom. The van der Waals surface area contributed by atoms with Crippen LogP contribution in [0.4, 0.5) is 19.0 Å². The molecule has 4 rings (SSSR count). The maximum Gasteiger partial charge on any atom is 0.410 e. The van der Waals surface area contributed by atoms with Crippen LogP contribution < -0.4 is 10.6 Å². The zero-order valence-electron chi connectivity index (χ0n) is 15.3. The summed E-state index contributed by atoms with van der Waals surface area (Å²) >= 11 is 12.0. The van der Waals surface area contributed by atoms with Crippen LogP contribution in [0.3, 0.4) is 0 Å². The Morgan fingerprint density at radius 1 is 1.17 bits per heavy atom. The lowest BCUT2D eigenvalue weighted by atomic mass is 9.97. The van der Waals surface area contributed by atoms with Crippen molar-refractivity contribution in [3.8, 4) is 0 Å². The van der Waals surface area contributed by atoms with Crippen molar-refractivity contribution in [2.75, 3.05) is 5.32 Å². The van der Waals surface area contributed by atoms with Crippen molar-refractivity contribution in [1.82, 2.24) is 15.1 Å². The van der Waals surface area contributed by atoms with E-state index in [0.29, 0.717) is 10.6 Å². The van der Waals surface area contributed by atoms with E-state index in [1.807, 2.05) is 0 Å². The highest BCUT2D eigenvalue weighted by atomic mass is 35.5. The van der Waals surface area contributed by atoms with Crippen LogP contribution in [0.25, 0.3) is 0 Å². The van der Waals surface area contributed by atoms with Crippen molar-refractivity contribution in [2.24, 2.45) is 0 Å². The maximum absolute atomic E-state index is 13.8. The molecule has 156 valence electrons. The zero-order chi connectivity index (χ0) is 20.8. The Kier molecular flexibility index (Phi) is 5.42. The van der Waals surface area contributed by atoms with E-state index in [2.05, 4.69) is 15.7 Å². The van der Waals surface area contributed by atoms with Gasteiger partial charge in [-0.1, -0.05) is 42.1 Å². The lowest BCUT2D eigenvalue weighted by molar-refractivity contribution is -0.173. The summed E-state index contributed by atoms with van der Waals surface area (Å²) in [5.74, 6) is -0.307. The zero-order valence-corrected chi connectivity index (χ0v) is 16.8. The van der Waals surface area contributed by atoms with Gasteiger partial charge in [0, 0.05) is 18.5 Å². The van der Waals surface area contributed by atoms with Crippen LogP contribution in [0, 0.1) is 0 Å². The molecular formula is C19H19Cl2F3N4O. The highest BCUT2D eigenvalue weighted by molar-refractivity contribution is 6.42. The molecule has 0 radical (unpaired) electrons. The van der Waals surface area contributed by atoms with E-state index in [0.717, 1.165) is 30.4 Å². The molecule has 2 aromatic rings. The number of alkyl halides is 3. The van der Waals surface area contributed by atoms with E-state index >= 15 is 0 Å². The molecule has 1 aliphatic carbocycles. The number of halogens is 5. The fraction of sp³-hybridized carbons (Fsp3) is 0.474. The summed E-state index contributed by atoms with van der Waals surface area (Å²) in [6, 6.07) is 3.66. The summed E-state index contributed by atoms with van der Waals surface area (Å²) in [5, 5.41) is 10.5. The maximum atomic E-state index is 13.8. The standard InChI is InChI=1S/C19H19Cl2F3N4O/c20-12-6-5-10(7-13(12)21)14-8-16(19(22,23)24)28-17(26-14)9-15(27-28)18(29)25-11-3-1-2-4-11/h5-7,9,11,14,16,26H,1-4,8H2,(H,25,29)/t14-,16+/m1/s1. The molecule has 0 spiro atoms. The molecule has 0 bridgehead atoms. The van der Waals surface area contributed by atoms with Crippen LogP contribution in [-0.4, -0.2) is 27.9 Å². The summed E-state index contributed by atoms with van der Waals surface area (Å²) in [6.07, 6.45) is -0.970. The largest absolute Gasteiger partial charge is 0.410 e. The quantitative estimate of drug-likeness (QED) is 0.651. The molecule has 1 saturated carbocycles. The number of aromatic nitrogens is 2. The van der Waals surface area contributed by atoms with Gasteiger partial charge < -0.3 is 10.6 Å². The number of fused-ring (bicyclic) bond motifs is 1. The van der Waals surface area contributed by atoms with Gasteiger partial charge in [-0.25, -0.2) is 4.68 Å². The lowest BCUT2D eigenvalue weighted by Crippen LogP contribution is -2.36. The van der Waals surface area contributed by atoms with Gasteiger partial charge in [-0.2, -0.15) is 18.3 Å². The van der Waals surface area contributed by atoms with Gasteiger partial charge in [-0.15, -0.1) is 0 Å². The number of nitrogens with zero attached hydrogens (tertiary/aromatic N) is 2. The van der Waals surface area contributed by atoms with E-state index in [9.17, 15) is 18.0 Å². The third kappa shape index (κ3) is 4.19. The molecule has 10 heteroatoms. The molecule has 0 unspecified atom stereocenters. The van der Waals surface area contributed by atoms with Crippen LogP contribution in [-0.2, 0) is 0 Å². The van der Waals surface area contributed by atoms with Gasteiger partial charge in [-0.3, -0.25) is 4.79 Å². The van der Waals surface area contributed by atoms with Gasteiger partial charge in [0.05, 0.1) is 16.1 Å². The van der Waals surface area contributed by atoms with E-state index < -0.39 is 24.2 Å². The lowest BCUT2D eigenvalue weighted by Gasteiger charge is -2.33. The molecule has 29 heavy (non-hydrogen) atoms. The molecule has 2 N–H and O–H groups in total. The summed E-state index contributed by atoms with van der Waals surface area (Å²) in [4.78, 5) is 12.5. The van der Waals surface area contributed by atoms with E-state index in [4.69, 9.17) is 23.2 Å². The van der Waals surface area contributed by atoms with Gasteiger partial charge in [0.25, 0.3) is 5.91 Å². The predicted octanol–water partition coefficient (Wildman–Crippen LogP) is 5.52. The summed E-state index contributed by atoms with van der Waals surface area (Å²) < 4.78 is 42.1. The van der Waals surface area contributed by atoms with Crippen molar-refractivity contribution in [2.45, 2.75) is 56.4 Å². The van der Waals surface area contributed by atoms with Crippen molar-refractivity contribution in [3.63, 3.8) is 0 Å². The minimum atomic E-state index is -4.52. The Labute approximate surface area is 175 Å². The molecule has 0 saturated heterocycles. The second kappa shape index (κ2) is 7.72. The minimum absolute atomic E-state index is 0.0246. The number of carbonyl (C=O) groups is 1. The Bertz CT molecular complexity index is 925. The average Bonchev–Trinajstić information content (AvgIpc) is 3.31. The highest BCUT2D eigenvalue weighted by Crippen LogP contribution is 2.44. The van der Waals surface area contributed by atoms with Crippen molar-refractivity contribution in [3.05, 3.63) is 45.6 Å². The molecular weight excluding hydrogens is 428 g/mol. The number of rotatable bonds is 3. The fourth-order valence-electron chi connectivity index (χ4n) is 3.96. The number of nitrogens with one attached hydrogen (secondary N) is 2. The second-order valence-electron chi connectivity index (χ2n) is 7.48. The number of hydrogen-bond acceptors (Lipinski definition) is 3. The summed E-state index contributed by atoms with van der Waals surface area (Å²) in [7, 11) is 0. The number of amides is 1. The third-order valence-corrected chi connectivity index (χ3v) is 6.20. The van der Waals surface area contributed by atoms with Gasteiger partial charge in [0.1, 0.15) is 5.82 Å². The third-order valence-electron chi connectivity index (χ3n) is 5.46. The van der Waals surface area contributed by atoms with Crippen molar-refractivity contribution in [1.29, 1.82) is 0 Å². The van der Waals surface area contributed by atoms with Crippen molar-refractivity contribution < 1.29 is 18.0 Å². The minimum Gasteiger partial charge on any atom is -0.363 e. The molecule has 1 aromatic carbocycles. The molecule has 2 atom stereocenters. The van der Waals surface area contributed by atoms with Gasteiger partial charge in [0.15, 0.2) is 11.7 Å². The molecule has 1 aliphatic heterocycles. The van der Waals surface area contributed by atoms with Gasteiger partial charge >= 0.3 is 6.18 Å². The SMILES string of the molecule is O=C(NC1CCCC1)c1cc2n(n1)[C@H](C(F)(F)F)C[C@H](c1ccc(Cl)c(Cl)c1)N2. The Morgan fingerprint density at radius 3 is 2.55 bits per heavy atom. The van der Waals surface area contributed by atoms with Crippen LogP contribution >= 0.6 is 23.2 Å².